The minimum atomic E-state index is -4.84. The van der Waals surface area contributed by atoms with Crippen LogP contribution in [0, 0.1) is 29.6 Å². The molecule has 0 saturated heterocycles. The lowest BCUT2D eigenvalue weighted by Gasteiger charge is -2.26. The van der Waals surface area contributed by atoms with Crippen LogP contribution in [0.2, 0.25) is 0 Å². The first-order valence-electron chi connectivity index (χ1n) is 21.9. The van der Waals surface area contributed by atoms with E-state index in [1.807, 2.05) is 118 Å². The molecule has 15 nitrogen and oxygen atoms in total. The Bertz CT molecular complexity index is 3630. The van der Waals surface area contributed by atoms with Crippen molar-refractivity contribution < 1.29 is 59.7 Å². The molecule has 0 radical (unpaired) electrons. The van der Waals surface area contributed by atoms with Crippen molar-refractivity contribution in [1.29, 1.82) is 10.5 Å². The third kappa shape index (κ3) is 11.5. The van der Waals surface area contributed by atoms with Crippen molar-refractivity contribution in [2.24, 2.45) is 0 Å². The molecule has 0 aliphatic rings. The molecule has 8 aromatic carbocycles. The number of nitriles is 2. The van der Waals surface area contributed by atoms with Crippen molar-refractivity contribution >= 4 is 32.0 Å². The zero-order valence-corrected chi connectivity index (χ0v) is 41.6. The average molecular weight is 1040 g/mol. The lowest BCUT2D eigenvalue weighted by molar-refractivity contribution is -0.432. The Morgan fingerprint density at radius 1 is 0.534 bits per heavy atom. The summed E-state index contributed by atoms with van der Waals surface area (Å²) in [5, 5.41) is 32.4. The molecule has 0 bridgehead atoms. The molecule has 0 aliphatic heterocycles. The van der Waals surface area contributed by atoms with E-state index in [1.165, 1.54) is 25.3 Å². The van der Waals surface area contributed by atoms with Crippen molar-refractivity contribution in [2.75, 3.05) is 7.11 Å². The minimum absolute atomic E-state index is 0.0695. The quantitative estimate of drug-likeness (QED) is 0.0353. The summed E-state index contributed by atoms with van der Waals surface area (Å²) in [5.74, 6) is 3.01. The van der Waals surface area contributed by atoms with Crippen molar-refractivity contribution in [2.45, 2.75) is 45.8 Å². The number of nitrogens with zero attached hydrogens (tertiary/aromatic N) is 2. The van der Waals surface area contributed by atoms with Crippen LogP contribution in [-0.4, -0.2) is 33.8 Å². The van der Waals surface area contributed by atoms with E-state index in [1.54, 1.807) is 36.4 Å². The van der Waals surface area contributed by atoms with Crippen LogP contribution < -0.4 is 23.7 Å². The highest BCUT2D eigenvalue weighted by atomic mass is 32.2. The maximum atomic E-state index is 13.6. The Hall–Kier alpha value is -8.17. The van der Waals surface area contributed by atoms with Crippen LogP contribution in [0.5, 0.6) is 51.7 Å². The zero-order chi connectivity index (χ0) is 51.9. The Balaban J connectivity index is 0.918. The van der Waals surface area contributed by atoms with Gasteiger partial charge in [-0.2, -0.15) is 18.9 Å². The van der Waals surface area contributed by atoms with Crippen LogP contribution in [0.15, 0.2) is 189 Å². The van der Waals surface area contributed by atoms with Crippen LogP contribution in [0.3, 0.4) is 0 Å². The normalized spacial score (nSPS) is 11.5. The molecule has 0 aliphatic carbocycles. The second kappa shape index (κ2) is 21.7. The van der Waals surface area contributed by atoms with Crippen molar-refractivity contribution in [3.63, 3.8) is 0 Å². The second-order valence-electron chi connectivity index (χ2n) is 16.6. The summed E-state index contributed by atoms with van der Waals surface area (Å²) in [6.07, 6.45) is 0. The first kappa shape index (κ1) is 51.2. The van der Waals surface area contributed by atoms with E-state index in [2.05, 4.69) is 21.5 Å². The smallest absolute Gasteiger partial charge is 0.298 e. The second-order valence-corrected chi connectivity index (χ2v) is 20.6. The van der Waals surface area contributed by atoms with E-state index in [-0.39, 0.29) is 26.9 Å². The summed E-state index contributed by atoms with van der Waals surface area (Å²) >= 11 is 0.457. The largest absolute Gasteiger partial charge is 0.495 e. The predicted molar refractivity (Wildman–Crippen MR) is 270 cm³/mol. The van der Waals surface area contributed by atoms with Crippen LogP contribution in [0.25, 0.3) is 11.1 Å². The van der Waals surface area contributed by atoms with Gasteiger partial charge in [-0.05, 0) is 138 Å². The summed E-state index contributed by atoms with van der Waals surface area (Å²) in [5.41, 5.74) is 4.80. The van der Waals surface area contributed by atoms with Gasteiger partial charge in [0.05, 0.1) is 39.4 Å². The number of hydrogen-bond donors (Lipinski definition) is 2. The van der Waals surface area contributed by atoms with Gasteiger partial charge in [-0.1, -0.05) is 85.6 Å². The van der Waals surface area contributed by atoms with Gasteiger partial charge in [0.25, 0.3) is 10.1 Å². The van der Waals surface area contributed by atoms with Gasteiger partial charge in [0, 0.05) is 5.41 Å². The first-order valence-corrected chi connectivity index (χ1v) is 25.5. The molecular weight excluding hydrogens is 993 g/mol. The summed E-state index contributed by atoms with van der Waals surface area (Å²) in [6.45, 7) is 5.96. The number of methoxy groups -OCH3 is 1. The van der Waals surface area contributed by atoms with Gasteiger partial charge < -0.3 is 23.7 Å². The monoisotopic (exact) mass is 1030 g/mol. The highest BCUT2D eigenvalue weighted by Crippen LogP contribution is 2.41. The van der Waals surface area contributed by atoms with Crippen LogP contribution >= 0.6 is 12.0 Å². The van der Waals surface area contributed by atoms with Gasteiger partial charge in [0.2, 0.25) is 9.84 Å². The molecule has 0 heterocycles. The van der Waals surface area contributed by atoms with Gasteiger partial charge in [0.15, 0.2) is 0 Å². The van der Waals surface area contributed by atoms with Gasteiger partial charge in [-0.25, -0.2) is 13.7 Å². The Labute approximate surface area is 425 Å². The molecule has 368 valence electrons. The molecule has 0 spiro atoms. The molecule has 0 aromatic heterocycles. The molecule has 2 N–H and O–H groups in total. The molecule has 73 heavy (non-hydrogen) atoms. The van der Waals surface area contributed by atoms with Gasteiger partial charge in [-0.15, -0.1) is 4.33 Å². The van der Waals surface area contributed by atoms with Crippen LogP contribution in [-0.2, 0) is 34.7 Å². The lowest BCUT2D eigenvalue weighted by atomic mass is 9.78. The number of benzene rings is 8. The molecule has 0 unspecified atom stereocenters. The van der Waals surface area contributed by atoms with Gasteiger partial charge >= 0.3 is 0 Å². The lowest BCUT2D eigenvalue weighted by Crippen LogP contribution is -2.18. The first-order chi connectivity index (χ1) is 35.0. The van der Waals surface area contributed by atoms with Crippen molar-refractivity contribution in [1.82, 2.24) is 0 Å². The van der Waals surface area contributed by atoms with E-state index >= 15 is 0 Å². The number of hydrogen-bond acceptors (Lipinski definition) is 15. The Kier molecular flexibility index (Phi) is 15.2. The average Bonchev–Trinajstić information content (AvgIpc) is 3.39. The summed E-state index contributed by atoms with van der Waals surface area (Å²) in [4.78, 5) is -1.40. The predicted octanol–water partition coefficient (Wildman–Crippen LogP) is 13.4. The molecular formula is C55H42N2O13S3. The fourth-order valence-corrected chi connectivity index (χ4v) is 10.3. The molecule has 0 fully saturated rings. The SMILES string of the molecule is COc1ccc(S(=O)(=O)c2ccc(Oc3ccc(C(C)(C)c4ccc(Oc5cccc(Oc6ccc(-c7ccc(Oc8cccc(C)c8C#N)cc7)cc6)c5C#N)cc4)cc3)c(SOOO)c2)cc1S(=O)(=O)O. The maximum Gasteiger partial charge on any atom is 0.298 e. The van der Waals surface area contributed by atoms with E-state index in [4.69, 9.17) is 28.9 Å². The zero-order valence-electron chi connectivity index (χ0n) is 39.2. The third-order valence-electron chi connectivity index (χ3n) is 11.7. The highest BCUT2D eigenvalue weighted by Gasteiger charge is 2.27. The number of aryl methyl sites for hydroxylation is 1. The number of sulfone groups is 1. The molecule has 8 rings (SSSR count). The topological polar surface area (TPSA) is 221 Å². The maximum absolute atomic E-state index is 13.6. The number of rotatable bonds is 18. The van der Waals surface area contributed by atoms with E-state index in [0.717, 1.165) is 46.0 Å². The van der Waals surface area contributed by atoms with Crippen LogP contribution in [0.1, 0.15) is 41.7 Å². The number of ether oxygens (including phenoxy) is 5. The summed E-state index contributed by atoms with van der Waals surface area (Å²) < 4.78 is 94.9. The standard InChI is InChI=1S/C55H42N2O13S3/c1-35-7-5-8-48(46(35)33-56)65-40-19-11-36(12-20-40)37-13-21-41(22-14-37)66-49-9-6-10-50(47(49)34-57)67-42-23-15-38(16-24-42)55(2,3)39-17-25-43(26-18-39)68-51-29-27-44(31-53(51)71-70-69-58)72(59,60)45-28-30-52(64-4)54(32-45)73(61,62)63/h5-32,58H,1-4H3,(H,61,62,63). The van der Waals surface area contributed by atoms with Gasteiger partial charge in [-0.3, -0.25) is 4.55 Å². The third-order valence-corrected chi connectivity index (χ3v) is 14.9. The molecule has 0 atom stereocenters. The van der Waals surface area contributed by atoms with E-state index in [0.29, 0.717) is 57.9 Å². The molecule has 8 aromatic rings. The molecule has 0 saturated carbocycles. The van der Waals surface area contributed by atoms with Gasteiger partial charge in [0.1, 0.15) is 74.3 Å². The Morgan fingerprint density at radius 3 is 1.41 bits per heavy atom. The van der Waals surface area contributed by atoms with Crippen molar-refractivity contribution in [3.05, 3.63) is 198 Å². The summed E-state index contributed by atoms with van der Waals surface area (Å²) in [6, 6.07) is 51.6. The van der Waals surface area contributed by atoms with Crippen LogP contribution in [0.4, 0.5) is 0 Å². The molecule has 0 amide bonds. The highest BCUT2D eigenvalue weighted by molar-refractivity contribution is 7.94. The van der Waals surface area contributed by atoms with E-state index < -0.39 is 35.2 Å². The Morgan fingerprint density at radius 2 is 0.959 bits per heavy atom. The summed E-state index contributed by atoms with van der Waals surface area (Å²) in [7, 11) is -8.04. The molecule has 18 heteroatoms. The van der Waals surface area contributed by atoms with Crippen molar-refractivity contribution in [3.8, 4) is 75.0 Å². The fraction of sp³-hybridized carbons (Fsp3) is 0.0909. The van der Waals surface area contributed by atoms with E-state index in [9.17, 15) is 31.9 Å². The fourth-order valence-electron chi connectivity index (χ4n) is 7.66. The minimum Gasteiger partial charge on any atom is -0.495 e.